The maximum absolute atomic E-state index is 12.8. The monoisotopic (exact) mass is 328 g/mol. The van der Waals surface area contributed by atoms with Crippen molar-refractivity contribution in [1.29, 1.82) is 0 Å². The number of carbonyl (C=O) groups excluding carboxylic acids is 2. The van der Waals surface area contributed by atoms with E-state index in [1.807, 2.05) is 6.07 Å². The first kappa shape index (κ1) is 16.2. The standard InChI is InChI=1S/C18H20N2O4/c1-11-4-5-13(8-12(11)2)10-20(14-6-7-14)17(21)15-9-16(24-19-15)18(22)23-3/h4-5,8-9,14H,6-7,10H2,1-3H3. The molecule has 1 heterocycles. The van der Waals surface area contributed by atoms with Gasteiger partial charge in [0.2, 0.25) is 5.76 Å². The first-order valence-electron chi connectivity index (χ1n) is 7.91. The Labute approximate surface area is 140 Å². The fraction of sp³-hybridized carbons (Fsp3) is 0.389. The van der Waals surface area contributed by atoms with E-state index in [4.69, 9.17) is 4.52 Å². The summed E-state index contributed by atoms with van der Waals surface area (Å²) in [6.45, 7) is 4.64. The molecule has 6 nitrogen and oxygen atoms in total. The molecule has 0 atom stereocenters. The van der Waals surface area contributed by atoms with Gasteiger partial charge < -0.3 is 14.2 Å². The number of benzene rings is 1. The summed E-state index contributed by atoms with van der Waals surface area (Å²) < 4.78 is 9.47. The lowest BCUT2D eigenvalue weighted by Gasteiger charge is -2.21. The van der Waals surface area contributed by atoms with Gasteiger partial charge in [0.25, 0.3) is 5.91 Å². The number of aromatic nitrogens is 1. The lowest BCUT2D eigenvalue weighted by molar-refractivity contribution is 0.0553. The molecule has 1 aromatic carbocycles. The van der Waals surface area contributed by atoms with Crippen molar-refractivity contribution in [2.24, 2.45) is 0 Å². The molecule has 0 radical (unpaired) electrons. The summed E-state index contributed by atoms with van der Waals surface area (Å²) in [4.78, 5) is 26.0. The molecule has 3 rings (SSSR count). The van der Waals surface area contributed by atoms with E-state index >= 15 is 0 Å². The maximum Gasteiger partial charge on any atom is 0.376 e. The first-order chi connectivity index (χ1) is 11.5. The van der Waals surface area contributed by atoms with Crippen LogP contribution in [0.5, 0.6) is 0 Å². The Balaban J connectivity index is 1.80. The van der Waals surface area contributed by atoms with Crippen LogP contribution in [0.15, 0.2) is 28.8 Å². The quantitative estimate of drug-likeness (QED) is 0.789. The average Bonchev–Trinajstić information content (AvgIpc) is 3.30. The predicted molar refractivity (Wildman–Crippen MR) is 86.7 cm³/mol. The molecule has 0 spiro atoms. The summed E-state index contributed by atoms with van der Waals surface area (Å²) in [6, 6.07) is 7.75. The molecule has 1 aliphatic carbocycles. The number of methoxy groups -OCH3 is 1. The highest BCUT2D eigenvalue weighted by molar-refractivity contribution is 5.95. The number of nitrogens with zero attached hydrogens (tertiary/aromatic N) is 2. The molecule has 1 fully saturated rings. The Morgan fingerprint density at radius 2 is 2.00 bits per heavy atom. The van der Waals surface area contributed by atoms with Crippen molar-refractivity contribution in [3.05, 3.63) is 52.4 Å². The van der Waals surface area contributed by atoms with E-state index in [0.717, 1.165) is 18.4 Å². The zero-order chi connectivity index (χ0) is 17.3. The van der Waals surface area contributed by atoms with Gasteiger partial charge in [-0.25, -0.2) is 4.79 Å². The highest BCUT2D eigenvalue weighted by Crippen LogP contribution is 2.30. The average molecular weight is 328 g/mol. The molecule has 1 aromatic heterocycles. The number of aryl methyl sites for hydroxylation is 2. The zero-order valence-corrected chi connectivity index (χ0v) is 14.0. The summed E-state index contributed by atoms with van der Waals surface area (Å²) in [5.74, 6) is -0.939. The second-order valence-electron chi connectivity index (χ2n) is 6.15. The smallest absolute Gasteiger partial charge is 0.376 e. The van der Waals surface area contributed by atoms with Gasteiger partial charge in [-0.2, -0.15) is 0 Å². The predicted octanol–water partition coefficient (Wildman–Crippen LogP) is 2.88. The molecule has 0 N–H and O–H groups in total. The lowest BCUT2D eigenvalue weighted by atomic mass is 10.1. The van der Waals surface area contributed by atoms with E-state index in [1.165, 1.54) is 24.3 Å². The molecule has 0 bridgehead atoms. The largest absolute Gasteiger partial charge is 0.463 e. The van der Waals surface area contributed by atoms with Crippen LogP contribution in [-0.4, -0.2) is 35.1 Å². The third kappa shape index (κ3) is 3.32. The van der Waals surface area contributed by atoms with Crippen LogP contribution in [-0.2, 0) is 11.3 Å². The van der Waals surface area contributed by atoms with Gasteiger partial charge in [0, 0.05) is 18.7 Å². The zero-order valence-electron chi connectivity index (χ0n) is 14.0. The SMILES string of the molecule is COC(=O)c1cc(C(=O)N(Cc2ccc(C)c(C)c2)C2CC2)no1. The summed E-state index contributed by atoms with van der Waals surface area (Å²) in [5.41, 5.74) is 3.63. The van der Waals surface area contributed by atoms with E-state index in [-0.39, 0.29) is 23.4 Å². The number of esters is 1. The van der Waals surface area contributed by atoms with Gasteiger partial charge >= 0.3 is 5.97 Å². The van der Waals surface area contributed by atoms with Crippen molar-refractivity contribution >= 4 is 11.9 Å². The van der Waals surface area contributed by atoms with Crippen molar-refractivity contribution in [3.63, 3.8) is 0 Å². The van der Waals surface area contributed by atoms with Crippen molar-refractivity contribution in [2.75, 3.05) is 7.11 Å². The number of carbonyl (C=O) groups is 2. The van der Waals surface area contributed by atoms with Crippen LogP contribution >= 0.6 is 0 Å². The molecule has 24 heavy (non-hydrogen) atoms. The number of amides is 1. The van der Waals surface area contributed by atoms with Gasteiger partial charge in [0.05, 0.1) is 7.11 Å². The highest BCUT2D eigenvalue weighted by Gasteiger charge is 2.34. The van der Waals surface area contributed by atoms with Gasteiger partial charge in [0.1, 0.15) is 0 Å². The van der Waals surface area contributed by atoms with E-state index < -0.39 is 5.97 Å². The van der Waals surface area contributed by atoms with E-state index in [1.54, 1.807) is 4.90 Å². The molecule has 0 saturated heterocycles. The fourth-order valence-corrected chi connectivity index (χ4v) is 2.57. The van der Waals surface area contributed by atoms with E-state index in [2.05, 4.69) is 35.9 Å². The summed E-state index contributed by atoms with van der Waals surface area (Å²) in [5, 5.41) is 3.72. The van der Waals surface area contributed by atoms with Crippen LogP contribution in [0.4, 0.5) is 0 Å². The third-order valence-corrected chi connectivity index (χ3v) is 4.29. The van der Waals surface area contributed by atoms with Crippen LogP contribution in [0, 0.1) is 13.8 Å². The second-order valence-corrected chi connectivity index (χ2v) is 6.15. The minimum absolute atomic E-state index is 0.0669. The normalized spacial score (nSPS) is 13.6. The van der Waals surface area contributed by atoms with Gasteiger partial charge in [0.15, 0.2) is 5.69 Å². The Morgan fingerprint density at radius 3 is 2.62 bits per heavy atom. The molecule has 1 saturated carbocycles. The number of hydrogen-bond acceptors (Lipinski definition) is 5. The number of hydrogen-bond donors (Lipinski definition) is 0. The van der Waals surface area contributed by atoms with Crippen LogP contribution in [0.1, 0.15) is 50.6 Å². The highest BCUT2D eigenvalue weighted by atomic mass is 16.5. The Kier molecular flexibility index (Phi) is 4.38. The lowest BCUT2D eigenvalue weighted by Crippen LogP contribution is -2.32. The van der Waals surface area contributed by atoms with Gasteiger partial charge in [-0.1, -0.05) is 23.4 Å². The molecule has 1 aliphatic rings. The first-order valence-corrected chi connectivity index (χ1v) is 7.91. The van der Waals surface area contributed by atoms with Crippen molar-refractivity contribution in [3.8, 4) is 0 Å². The van der Waals surface area contributed by atoms with Crippen LogP contribution in [0.2, 0.25) is 0 Å². The van der Waals surface area contributed by atoms with Gasteiger partial charge in [-0.15, -0.1) is 0 Å². The summed E-state index contributed by atoms with van der Waals surface area (Å²) in [7, 11) is 1.25. The molecule has 2 aromatic rings. The van der Waals surface area contributed by atoms with Crippen LogP contribution in [0.25, 0.3) is 0 Å². The maximum atomic E-state index is 12.8. The number of rotatable bonds is 5. The van der Waals surface area contributed by atoms with Crippen LogP contribution in [0.3, 0.4) is 0 Å². The molecule has 126 valence electrons. The molecule has 0 aliphatic heterocycles. The van der Waals surface area contributed by atoms with Gasteiger partial charge in [-0.3, -0.25) is 4.79 Å². The van der Waals surface area contributed by atoms with Gasteiger partial charge in [-0.05, 0) is 43.4 Å². The minimum Gasteiger partial charge on any atom is -0.463 e. The molecular weight excluding hydrogens is 308 g/mol. The van der Waals surface area contributed by atoms with Crippen molar-refractivity contribution in [2.45, 2.75) is 39.3 Å². The summed E-state index contributed by atoms with van der Waals surface area (Å²) in [6.07, 6.45) is 1.97. The minimum atomic E-state index is -0.645. The molecule has 6 heteroatoms. The third-order valence-electron chi connectivity index (χ3n) is 4.29. The Bertz CT molecular complexity index is 777. The molecule has 0 unspecified atom stereocenters. The van der Waals surface area contributed by atoms with Crippen LogP contribution < -0.4 is 0 Å². The Morgan fingerprint density at radius 1 is 1.25 bits per heavy atom. The molecular formula is C18H20N2O4. The number of ether oxygens (including phenoxy) is 1. The van der Waals surface area contributed by atoms with Crippen molar-refractivity contribution in [1.82, 2.24) is 10.1 Å². The summed E-state index contributed by atoms with van der Waals surface area (Å²) >= 11 is 0. The topological polar surface area (TPSA) is 72.6 Å². The van der Waals surface area contributed by atoms with E-state index in [0.29, 0.717) is 6.54 Å². The van der Waals surface area contributed by atoms with E-state index in [9.17, 15) is 9.59 Å². The Hall–Kier alpha value is -2.63. The second kappa shape index (κ2) is 6.47. The molecule has 1 amide bonds. The van der Waals surface area contributed by atoms with Crippen molar-refractivity contribution < 1.29 is 18.8 Å². The fourth-order valence-electron chi connectivity index (χ4n) is 2.57.